The zero-order valence-corrected chi connectivity index (χ0v) is 12.8. The highest BCUT2D eigenvalue weighted by Crippen LogP contribution is 2.24. The molecule has 2 N–H and O–H groups in total. The summed E-state index contributed by atoms with van der Waals surface area (Å²) in [6.07, 6.45) is 3.47. The lowest BCUT2D eigenvalue weighted by Gasteiger charge is -2.19. The molecule has 3 rings (SSSR count). The van der Waals surface area contributed by atoms with Crippen molar-refractivity contribution in [3.63, 3.8) is 0 Å². The largest absolute Gasteiger partial charge is 0.448 e. The van der Waals surface area contributed by atoms with Crippen molar-refractivity contribution in [2.75, 3.05) is 13.1 Å². The lowest BCUT2D eigenvalue weighted by Crippen LogP contribution is -2.27. The van der Waals surface area contributed by atoms with Gasteiger partial charge in [-0.3, -0.25) is 4.79 Å². The first kappa shape index (κ1) is 14.8. The first-order valence-corrected chi connectivity index (χ1v) is 7.72. The van der Waals surface area contributed by atoms with Crippen LogP contribution in [0.5, 0.6) is 0 Å². The molecule has 2 aromatic rings. The van der Waals surface area contributed by atoms with Gasteiger partial charge in [0.25, 0.3) is 5.91 Å². The maximum Gasteiger partial charge on any atom is 0.273 e. The summed E-state index contributed by atoms with van der Waals surface area (Å²) in [6, 6.07) is 8.09. The number of aryl methyl sites for hydroxylation is 1. The van der Waals surface area contributed by atoms with E-state index in [9.17, 15) is 4.79 Å². The Morgan fingerprint density at radius 3 is 2.77 bits per heavy atom. The molecule has 0 radical (unpaired) electrons. The normalized spacial score (nSPS) is 15.7. The van der Waals surface area contributed by atoms with Gasteiger partial charge in [0, 0.05) is 12.5 Å². The molecule has 0 atom stereocenters. The molecular weight excluding hydrogens is 278 g/mol. The number of carbonyl (C=O) groups is 1. The van der Waals surface area contributed by atoms with Gasteiger partial charge in [-0.1, -0.05) is 29.8 Å². The highest BCUT2D eigenvalue weighted by atomic mass is 16.3. The number of oxazole rings is 1. The van der Waals surface area contributed by atoms with Crippen molar-refractivity contribution in [3.8, 4) is 0 Å². The van der Waals surface area contributed by atoms with E-state index in [4.69, 9.17) is 4.42 Å². The number of aromatic nitrogens is 1. The molecule has 22 heavy (non-hydrogen) atoms. The number of rotatable bonds is 4. The second-order valence-electron chi connectivity index (χ2n) is 5.76. The van der Waals surface area contributed by atoms with E-state index in [1.54, 1.807) is 0 Å². The fraction of sp³-hybridized carbons (Fsp3) is 0.412. The Morgan fingerprint density at radius 1 is 1.32 bits per heavy atom. The molecule has 0 aliphatic carbocycles. The smallest absolute Gasteiger partial charge is 0.273 e. The first-order chi connectivity index (χ1) is 10.7. The van der Waals surface area contributed by atoms with E-state index in [0.29, 0.717) is 24.0 Å². The minimum Gasteiger partial charge on any atom is -0.448 e. The van der Waals surface area contributed by atoms with Crippen molar-refractivity contribution in [2.45, 2.75) is 32.2 Å². The predicted octanol–water partition coefficient (Wildman–Crippen LogP) is 2.38. The van der Waals surface area contributed by atoms with Gasteiger partial charge in [0.2, 0.25) is 0 Å². The van der Waals surface area contributed by atoms with Crippen LogP contribution in [0.2, 0.25) is 0 Å². The second-order valence-corrected chi connectivity index (χ2v) is 5.76. The quantitative estimate of drug-likeness (QED) is 0.909. The molecule has 2 heterocycles. The van der Waals surface area contributed by atoms with Crippen LogP contribution in [-0.2, 0) is 6.54 Å². The molecule has 1 aliphatic rings. The summed E-state index contributed by atoms with van der Waals surface area (Å²) < 4.78 is 5.49. The molecule has 116 valence electrons. The maximum absolute atomic E-state index is 12.1. The number of nitrogens with one attached hydrogen (secondary N) is 2. The van der Waals surface area contributed by atoms with Crippen LogP contribution in [0.25, 0.3) is 0 Å². The van der Waals surface area contributed by atoms with Crippen molar-refractivity contribution >= 4 is 5.91 Å². The molecule has 0 bridgehead atoms. The van der Waals surface area contributed by atoms with Gasteiger partial charge < -0.3 is 15.1 Å². The lowest BCUT2D eigenvalue weighted by atomic mass is 9.98. The molecule has 0 spiro atoms. The van der Waals surface area contributed by atoms with E-state index in [1.807, 2.05) is 31.2 Å². The third kappa shape index (κ3) is 3.54. The van der Waals surface area contributed by atoms with Crippen molar-refractivity contribution in [3.05, 3.63) is 53.2 Å². The highest BCUT2D eigenvalue weighted by molar-refractivity contribution is 5.91. The average Bonchev–Trinajstić information content (AvgIpc) is 3.05. The molecule has 0 unspecified atom stereocenters. The number of piperidine rings is 1. The zero-order chi connectivity index (χ0) is 15.4. The van der Waals surface area contributed by atoms with E-state index < -0.39 is 0 Å². The molecule has 0 saturated carbocycles. The maximum atomic E-state index is 12.1. The van der Waals surface area contributed by atoms with Gasteiger partial charge in [-0.15, -0.1) is 0 Å². The third-order valence-corrected chi connectivity index (χ3v) is 4.02. The first-order valence-electron chi connectivity index (χ1n) is 7.72. The summed E-state index contributed by atoms with van der Waals surface area (Å²) in [5.74, 6) is 0.811. The monoisotopic (exact) mass is 299 g/mol. The van der Waals surface area contributed by atoms with Gasteiger partial charge in [-0.05, 0) is 38.4 Å². The predicted molar refractivity (Wildman–Crippen MR) is 83.7 cm³/mol. The average molecular weight is 299 g/mol. The number of amides is 1. The SMILES string of the molecule is Cc1ccc(CNC(=O)c2coc(C3CCNCC3)n2)cc1. The van der Waals surface area contributed by atoms with E-state index >= 15 is 0 Å². The topological polar surface area (TPSA) is 67.2 Å². The van der Waals surface area contributed by atoms with Gasteiger partial charge in [0.1, 0.15) is 6.26 Å². The van der Waals surface area contributed by atoms with Crippen molar-refractivity contribution in [1.82, 2.24) is 15.6 Å². The summed E-state index contributed by atoms with van der Waals surface area (Å²) in [6.45, 7) is 4.48. The van der Waals surface area contributed by atoms with Gasteiger partial charge in [-0.25, -0.2) is 4.98 Å². The van der Waals surface area contributed by atoms with Gasteiger partial charge >= 0.3 is 0 Å². The summed E-state index contributed by atoms with van der Waals surface area (Å²) in [4.78, 5) is 16.5. The van der Waals surface area contributed by atoms with Gasteiger partial charge in [0.15, 0.2) is 11.6 Å². The molecule has 5 nitrogen and oxygen atoms in total. The van der Waals surface area contributed by atoms with Gasteiger partial charge in [0.05, 0.1) is 0 Å². The Kier molecular flexibility index (Phi) is 4.53. The molecule has 1 aromatic carbocycles. The van der Waals surface area contributed by atoms with E-state index in [2.05, 4.69) is 15.6 Å². The van der Waals surface area contributed by atoms with Crippen molar-refractivity contribution in [2.24, 2.45) is 0 Å². The van der Waals surface area contributed by atoms with Crippen LogP contribution in [-0.4, -0.2) is 24.0 Å². The second kappa shape index (κ2) is 6.75. The number of carbonyl (C=O) groups excluding carboxylic acids is 1. The Labute approximate surface area is 130 Å². The Morgan fingerprint density at radius 2 is 2.05 bits per heavy atom. The molecule has 1 fully saturated rings. The van der Waals surface area contributed by atoms with Crippen LogP contribution in [0.3, 0.4) is 0 Å². The molecular formula is C17H21N3O2. The molecule has 1 aliphatic heterocycles. The number of nitrogens with zero attached hydrogens (tertiary/aromatic N) is 1. The third-order valence-electron chi connectivity index (χ3n) is 4.02. The number of benzene rings is 1. The van der Waals surface area contributed by atoms with Crippen molar-refractivity contribution in [1.29, 1.82) is 0 Å². The van der Waals surface area contributed by atoms with Crippen LogP contribution < -0.4 is 10.6 Å². The summed E-state index contributed by atoms with van der Waals surface area (Å²) in [5, 5.41) is 6.18. The number of hydrogen-bond acceptors (Lipinski definition) is 4. The van der Waals surface area contributed by atoms with Gasteiger partial charge in [-0.2, -0.15) is 0 Å². The molecule has 1 saturated heterocycles. The fourth-order valence-corrected chi connectivity index (χ4v) is 2.63. The van der Waals surface area contributed by atoms with Crippen LogP contribution in [0, 0.1) is 6.92 Å². The van der Waals surface area contributed by atoms with Crippen LogP contribution in [0.1, 0.15) is 46.3 Å². The van der Waals surface area contributed by atoms with Crippen molar-refractivity contribution < 1.29 is 9.21 Å². The van der Waals surface area contributed by atoms with Crippen LogP contribution in [0.4, 0.5) is 0 Å². The summed E-state index contributed by atoms with van der Waals surface area (Å²) in [7, 11) is 0. The number of hydrogen-bond donors (Lipinski definition) is 2. The van der Waals surface area contributed by atoms with E-state index in [0.717, 1.165) is 31.5 Å². The molecule has 1 aromatic heterocycles. The minimum atomic E-state index is -0.190. The summed E-state index contributed by atoms with van der Waals surface area (Å²) >= 11 is 0. The Hall–Kier alpha value is -2.14. The van der Waals surface area contributed by atoms with Crippen LogP contribution in [0.15, 0.2) is 34.9 Å². The van der Waals surface area contributed by atoms with E-state index in [-0.39, 0.29) is 5.91 Å². The zero-order valence-electron chi connectivity index (χ0n) is 12.8. The summed E-state index contributed by atoms with van der Waals surface area (Å²) in [5.41, 5.74) is 2.64. The molecule has 5 heteroatoms. The Bertz CT molecular complexity index is 628. The van der Waals surface area contributed by atoms with E-state index in [1.165, 1.54) is 11.8 Å². The fourth-order valence-electron chi connectivity index (χ4n) is 2.63. The standard InChI is InChI=1S/C17H21N3O2/c1-12-2-4-13(5-3-12)10-19-16(21)15-11-22-17(20-15)14-6-8-18-9-7-14/h2-5,11,14,18H,6-10H2,1H3,(H,19,21). The molecule has 1 amide bonds. The van der Waals surface area contributed by atoms with Crippen LogP contribution >= 0.6 is 0 Å². The highest BCUT2D eigenvalue weighted by Gasteiger charge is 2.21. The lowest BCUT2D eigenvalue weighted by molar-refractivity contribution is 0.0946. The Balaban J connectivity index is 1.58. The minimum absolute atomic E-state index is 0.190.